The average molecular weight is 413 g/mol. The van der Waals surface area contributed by atoms with Gasteiger partial charge in [-0.2, -0.15) is 5.26 Å². The minimum atomic E-state index is -5.00. The van der Waals surface area contributed by atoms with E-state index >= 15 is 0 Å². The molecule has 11 heteroatoms. The van der Waals surface area contributed by atoms with Gasteiger partial charge >= 0.3 is 6.36 Å². The van der Waals surface area contributed by atoms with Gasteiger partial charge in [-0.3, -0.25) is 0 Å². The van der Waals surface area contributed by atoms with E-state index in [0.29, 0.717) is 6.07 Å². The Kier molecular flexibility index (Phi) is 4.29. The van der Waals surface area contributed by atoms with Gasteiger partial charge in [0.25, 0.3) is 9.05 Å². The maximum absolute atomic E-state index is 12.0. The van der Waals surface area contributed by atoms with Gasteiger partial charge in [-0.25, -0.2) is 13.4 Å². The minimum Gasteiger partial charge on any atom is -0.388 e. The lowest BCUT2D eigenvalue weighted by atomic mass is 10.3. The summed E-state index contributed by atoms with van der Waals surface area (Å²) in [6, 6.07) is 1.96. The quantitative estimate of drug-likeness (QED) is 0.423. The fourth-order valence-electron chi connectivity index (χ4n) is 0.966. The van der Waals surface area contributed by atoms with Crippen LogP contribution in [0.1, 0.15) is 5.56 Å². The molecular formula is C7HClF3IN2O3S. The molecule has 0 aromatic carbocycles. The maximum Gasteiger partial charge on any atom is 0.574 e. The molecule has 0 spiro atoms. The van der Waals surface area contributed by atoms with E-state index in [1.165, 1.54) is 28.7 Å². The number of pyridine rings is 1. The van der Waals surface area contributed by atoms with Gasteiger partial charge in [0.05, 0.1) is 5.56 Å². The first-order chi connectivity index (χ1) is 8.04. The van der Waals surface area contributed by atoms with Crippen molar-refractivity contribution in [3.05, 3.63) is 15.3 Å². The van der Waals surface area contributed by atoms with Crippen LogP contribution in [0.15, 0.2) is 11.0 Å². The molecular weight excluding hydrogens is 412 g/mol. The molecule has 0 aliphatic carbocycles. The predicted molar refractivity (Wildman–Crippen MR) is 61.4 cm³/mol. The summed E-state index contributed by atoms with van der Waals surface area (Å²) in [6.07, 6.45) is -5.00. The topological polar surface area (TPSA) is 80.0 Å². The van der Waals surface area contributed by atoms with E-state index < -0.39 is 31.8 Å². The third-order valence-electron chi connectivity index (χ3n) is 1.49. The molecule has 0 N–H and O–H groups in total. The highest BCUT2D eigenvalue weighted by Gasteiger charge is 2.33. The Morgan fingerprint density at radius 2 is 2.06 bits per heavy atom. The molecule has 0 aliphatic rings. The van der Waals surface area contributed by atoms with Crippen molar-refractivity contribution in [3.63, 3.8) is 0 Å². The van der Waals surface area contributed by atoms with Crippen LogP contribution in [0.25, 0.3) is 0 Å². The molecule has 5 nitrogen and oxygen atoms in total. The largest absolute Gasteiger partial charge is 0.574 e. The number of nitrogens with zero attached hydrogens (tertiary/aromatic N) is 2. The molecule has 0 radical (unpaired) electrons. The van der Waals surface area contributed by atoms with Crippen LogP contribution in [-0.4, -0.2) is 19.8 Å². The summed E-state index contributed by atoms with van der Waals surface area (Å²) in [5, 5.41) is 8.69. The number of hydrogen-bond acceptors (Lipinski definition) is 5. The second kappa shape index (κ2) is 5.06. The van der Waals surface area contributed by atoms with E-state index in [9.17, 15) is 21.6 Å². The molecule has 1 heterocycles. The molecule has 0 atom stereocenters. The SMILES string of the molecule is N#Cc1cc(OC(F)(F)F)nc(I)c1S(=O)(=O)Cl. The molecule has 1 aromatic rings. The standard InChI is InChI=1S/C7HClF3IN2O3S/c8-18(15,16)5-3(2-13)1-4(14-6(5)12)17-7(9,10)11/h1H. The van der Waals surface area contributed by atoms with Gasteiger partial charge < -0.3 is 4.74 Å². The van der Waals surface area contributed by atoms with Gasteiger partial charge in [-0.15, -0.1) is 13.2 Å². The Bertz CT molecular complexity index is 626. The molecule has 0 bridgehead atoms. The second-order valence-corrected chi connectivity index (χ2v) is 6.25. The Morgan fingerprint density at radius 1 is 1.50 bits per heavy atom. The first-order valence-electron chi connectivity index (χ1n) is 3.85. The van der Waals surface area contributed by atoms with Crippen LogP contribution in [0, 0.1) is 15.0 Å². The molecule has 0 aliphatic heterocycles. The van der Waals surface area contributed by atoms with Crippen molar-refractivity contribution in [1.29, 1.82) is 5.26 Å². The van der Waals surface area contributed by atoms with E-state index in [1.807, 2.05) is 0 Å². The lowest BCUT2D eigenvalue weighted by molar-refractivity contribution is -0.276. The molecule has 18 heavy (non-hydrogen) atoms. The second-order valence-electron chi connectivity index (χ2n) is 2.73. The summed E-state index contributed by atoms with van der Waals surface area (Å²) in [5.74, 6) is -0.937. The van der Waals surface area contributed by atoms with Gasteiger partial charge in [-0.1, -0.05) is 0 Å². The molecule has 0 unspecified atom stereocenters. The van der Waals surface area contributed by atoms with Crippen molar-refractivity contribution in [2.24, 2.45) is 0 Å². The fraction of sp³-hybridized carbons (Fsp3) is 0.143. The molecule has 0 saturated carbocycles. The Labute approximate surface area is 117 Å². The lowest BCUT2D eigenvalue weighted by Crippen LogP contribution is -2.18. The molecule has 1 aromatic heterocycles. The Balaban J connectivity index is 3.43. The molecule has 0 amide bonds. The first-order valence-corrected chi connectivity index (χ1v) is 7.24. The van der Waals surface area contributed by atoms with E-state index in [0.717, 1.165) is 0 Å². The van der Waals surface area contributed by atoms with Crippen LogP contribution in [0.5, 0.6) is 5.88 Å². The Hall–Kier alpha value is -0.800. The number of hydrogen-bond donors (Lipinski definition) is 0. The van der Waals surface area contributed by atoms with E-state index in [-0.39, 0.29) is 3.70 Å². The summed E-state index contributed by atoms with van der Waals surface area (Å²) in [7, 11) is 0.753. The summed E-state index contributed by atoms with van der Waals surface area (Å²) in [5.41, 5.74) is -0.580. The van der Waals surface area contributed by atoms with E-state index in [1.54, 1.807) is 0 Å². The van der Waals surface area contributed by atoms with Crippen molar-refractivity contribution in [2.45, 2.75) is 11.3 Å². The lowest BCUT2D eigenvalue weighted by Gasteiger charge is -2.10. The number of aromatic nitrogens is 1. The van der Waals surface area contributed by atoms with Crippen LogP contribution in [0.3, 0.4) is 0 Å². The fourth-order valence-corrected chi connectivity index (χ4v) is 3.84. The van der Waals surface area contributed by atoms with Crippen LogP contribution in [0.2, 0.25) is 0 Å². The number of nitriles is 1. The number of alkyl halides is 3. The van der Waals surface area contributed by atoms with Gasteiger partial charge in [0, 0.05) is 16.7 Å². The van der Waals surface area contributed by atoms with E-state index in [2.05, 4.69) is 9.72 Å². The van der Waals surface area contributed by atoms with Crippen LogP contribution in [0.4, 0.5) is 13.2 Å². The van der Waals surface area contributed by atoms with E-state index in [4.69, 9.17) is 15.9 Å². The smallest absolute Gasteiger partial charge is 0.388 e. The predicted octanol–water partition coefficient (Wildman–Crippen LogP) is 2.38. The van der Waals surface area contributed by atoms with Crippen LogP contribution in [-0.2, 0) is 9.05 Å². The molecule has 1 rings (SSSR count). The van der Waals surface area contributed by atoms with Gasteiger partial charge in [-0.05, 0) is 22.6 Å². The van der Waals surface area contributed by atoms with Gasteiger partial charge in [0.2, 0.25) is 5.88 Å². The zero-order valence-corrected chi connectivity index (χ0v) is 11.7. The van der Waals surface area contributed by atoms with Gasteiger partial charge in [0.15, 0.2) is 0 Å². The highest BCUT2D eigenvalue weighted by molar-refractivity contribution is 14.1. The summed E-state index contributed by atoms with van der Waals surface area (Å²) >= 11 is 1.34. The number of halogens is 5. The number of ether oxygens (including phenoxy) is 1. The Morgan fingerprint density at radius 3 is 2.44 bits per heavy atom. The third-order valence-corrected chi connectivity index (χ3v) is 4.00. The van der Waals surface area contributed by atoms with Crippen molar-refractivity contribution >= 4 is 42.3 Å². The maximum atomic E-state index is 12.0. The average Bonchev–Trinajstić information content (AvgIpc) is 2.11. The van der Waals surface area contributed by atoms with Crippen molar-refractivity contribution in [3.8, 4) is 11.9 Å². The minimum absolute atomic E-state index is 0.388. The normalized spacial score (nSPS) is 12.0. The number of rotatable bonds is 2. The van der Waals surface area contributed by atoms with Crippen LogP contribution >= 0.6 is 33.3 Å². The zero-order chi connectivity index (χ0) is 14.1. The monoisotopic (exact) mass is 412 g/mol. The first kappa shape index (κ1) is 15.3. The summed E-state index contributed by atoms with van der Waals surface area (Å²) < 4.78 is 61.2. The van der Waals surface area contributed by atoms with Gasteiger partial charge in [0.1, 0.15) is 14.7 Å². The summed E-state index contributed by atoms with van der Waals surface area (Å²) in [4.78, 5) is 2.61. The van der Waals surface area contributed by atoms with Crippen LogP contribution < -0.4 is 4.74 Å². The molecule has 98 valence electrons. The third kappa shape index (κ3) is 3.85. The van der Waals surface area contributed by atoms with Crippen molar-refractivity contribution in [2.75, 3.05) is 0 Å². The zero-order valence-electron chi connectivity index (χ0n) is 7.99. The molecule has 0 fully saturated rings. The highest BCUT2D eigenvalue weighted by Crippen LogP contribution is 2.29. The van der Waals surface area contributed by atoms with Crippen molar-refractivity contribution < 1.29 is 26.3 Å². The summed E-state index contributed by atoms with van der Waals surface area (Å²) in [6.45, 7) is 0. The van der Waals surface area contributed by atoms with Crippen molar-refractivity contribution in [1.82, 2.24) is 4.98 Å². The highest BCUT2D eigenvalue weighted by atomic mass is 127. The molecule has 0 saturated heterocycles.